The molecule has 0 saturated heterocycles. The summed E-state index contributed by atoms with van der Waals surface area (Å²) in [6, 6.07) is 0. The van der Waals surface area contributed by atoms with Crippen LogP contribution in [0.4, 0.5) is 0 Å². The molecule has 4 atom stereocenters. The number of carboxylic acid groups (broad SMARTS) is 1. The number of hydrogen-bond acceptors (Lipinski definition) is 4. The van der Waals surface area contributed by atoms with E-state index in [-0.39, 0.29) is 12.3 Å². The lowest BCUT2D eigenvalue weighted by Crippen LogP contribution is -2.42. The number of esters is 1. The highest BCUT2D eigenvalue weighted by Gasteiger charge is 2.37. The average molecular weight is 352 g/mol. The Bertz CT molecular complexity index is 457. The topological polar surface area (TPSA) is 83.8 Å². The highest BCUT2D eigenvalue weighted by molar-refractivity contribution is 5.81. The third-order valence-corrected chi connectivity index (χ3v) is 4.83. The Labute approximate surface area is 150 Å². The molecular weight excluding hydrogens is 320 g/mol. The maximum Gasteiger partial charge on any atom is 0.330 e. The van der Waals surface area contributed by atoms with Crippen molar-refractivity contribution in [2.45, 2.75) is 76.9 Å². The maximum absolute atomic E-state index is 11.6. The summed E-state index contributed by atoms with van der Waals surface area (Å²) in [5.74, 6) is -0.809. The highest BCUT2D eigenvalue weighted by Crippen LogP contribution is 2.35. The molecule has 5 nitrogen and oxygen atoms in total. The number of carboxylic acids is 1. The minimum Gasteiger partial charge on any atom is -0.481 e. The molecular formula is C20H32O5. The first-order valence-electron chi connectivity index (χ1n) is 9.40. The minimum absolute atomic E-state index is 0.114. The molecule has 1 aliphatic carbocycles. The molecule has 0 spiro atoms. The second-order valence-corrected chi connectivity index (χ2v) is 6.80. The Balaban J connectivity index is 2.52. The van der Waals surface area contributed by atoms with Crippen LogP contribution in [-0.2, 0) is 14.3 Å². The molecule has 5 heteroatoms. The van der Waals surface area contributed by atoms with Crippen LogP contribution in [-0.4, -0.2) is 34.4 Å². The summed E-state index contributed by atoms with van der Waals surface area (Å²) in [6.45, 7) is 5.56. The van der Waals surface area contributed by atoms with Gasteiger partial charge in [0.2, 0.25) is 0 Å². The Morgan fingerprint density at radius 3 is 2.44 bits per heavy atom. The number of allylic oxidation sites excluding steroid dienone is 1. The number of aliphatic hydroxyl groups is 1. The zero-order chi connectivity index (χ0) is 18.7. The van der Waals surface area contributed by atoms with Gasteiger partial charge in [0.1, 0.15) is 12.2 Å². The van der Waals surface area contributed by atoms with Crippen molar-refractivity contribution < 1.29 is 24.5 Å². The van der Waals surface area contributed by atoms with Crippen molar-refractivity contribution in [3.8, 4) is 0 Å². The molecule has 25 heavy (non-hydrogen) atoms. The predicted octanol–water partition coefficient (Wildman–Crippen LogP) is 3.86. The lowest BCUT2D eigenvalue weighted by Gasteiger charge is -2.37. The molecule has 0 heterocycles. The number of unbranched alkanes of at least 4 members (excludes halogenated alkanes) is 4. The van der Waals surface area contributed by atoms with E-state index in [1.54, 1.807) is 6.08 Å². The first-order valence-corrected chi connectivity index (χ1v) is 9.40. The number of ether oxygens (including phenoxy) is 1. The van der Waals surface area contributed by atoms with E-state index in [9.17, 15) is 14.7 Å². The van der Waals surface area contributed by atoms with E-state index >= 15 is 0 Å². The quantitative estimate of drug-likeness (QED) is 0.241. The lowest BCUT2D eigenvalue weighted by molar-refractivity contribution is -0.153. The molecule has 1 rings (SSSR count). The maximum atomic E-state index is 11.6. The monoisotopic (exact) mass is 352 g/mol. The van der Waals surface area contributed by atoms with Crippen LogP contribution in [0.25, 0.3) is 0 Å². The van der Waals surface area contributed by atoms with Gasteiger partial charge in [-0.3, -0.25) is 4.79 Å². The fourth-order valence-corrected chi connectivity index (χ4v) is 3.55. The molecule has 142 valence electrons. The fourth-order valence-electron chi connectivity index (χ4n) is 3.55. The SMILES string of the molecule is C=CC(=O)OC1C(O)C=CC(CCC)C1CCCCCCCC(=O)O. The number of aliphatic hydroxyl groups excluding tert-OH is 1. The number of aliphatic carboxylic acids is 1. The van der Waals surface area contributed by atoms with Gasteiger partial charge >= 0.3 is 11.9 Å². The summed E-state index contributed by atoms with van der Waals surface area (Å²) in [5.41, 5.74) is 0. The summed E-state index contributed by atoms with van der Waals surface area (Å²) in [5, 5.41) is 18.9. The van der Waals surface area contributed by atoms with Crippen molar-refractivity contribution in [2.75, 3.05) is 0 Å². The van der Waals surface area contributed by atoms with Gasteiger partial charge in [-0.2, -0.15) is 0 Å². The van der Waals surface area contributed by atoms with Gasteiger partial charge in [-0.25, -0.2) is 4.79 Å². The molecule has 2 N–H and O–H groups in total. The van der Waals surface area contributed by atoms with Gasteiger partial charge in [-0.15, -0.1) is 0 Å². The molecule has 4 unspecified atom stereocenters. The molecule has 0 aliphatic heterocycles. The van der Waals surface area contributed by atoms with Crippen molar-refractivity contribution in [3.63, 3.8) is 0 Å². The second-order valence-electron chi connectivity index (χ2n) is 6.80. The minimum atomic E-state index is -0.766. The summed E-state index contributed by atoms with van der Waals surface area (Å²) in [7, 11) is 0. The average Bonchev–Trinajstić information content (AvgIpc) is 2.58. The molecule has 0 bridgehead atoms. The zero-order valence-corrected chi connectivity index (χ0v) is 15.2. The van der Waals surface area contributed by atoms with Crippen LogP contribution in [0.5, 0.6) is 0 Å². The molecule has 0 aromatic carbocycles. The number of hydrogen-bond donors (Lipinski definition) is 2. The van der Waals surface area contributed by atoms with Crippen LogP contribution < -0.4 is 0 Å². The van der Waals surface area contributed by atoms with Crippen LogP contribution in [0, 0.1) is 11.8 Å². The van der Waals surface area contributed by atoms with E-state index in [0.717, 1.165) is 57.4 Å². The van der Waals surface area contributed by atoms with Crippen molar-refractivity contribution in [2.24, 2.45) is 11.8 Å². The van der Waals surface area contributed by atoms with Crippen LogP contribution in [0.15, 0.2) is 24.8 Å². The predicted molar refractivity (Wildman–Crippen MR) is 97.1 cm³/mol. The third kappa shape index (κ3) is 7.86. The Kier molecular flexibility index (Phi) is 10.2. The first kappa shape index (κ1) is 21.4. The van der Waals surface area contributed by atoms with Gasteiger partial charge in [0.15, 0.2) is 0 Å². The highest BCUT2D eigenvalue weighted by atomic mass is 16.6. The van der Waals surface area contributed by atoms with Gasteiger partial charge in [-0.1, -0.05) is 57.8 Å². The van der Waals surface area contributed by atoms with Crippen LogP contribution >= 0.6 is 0 Å². The molecule has 0 aromatic heterocycles. The number of carbonyl (C=O) groups is 2. The second kappa shape index (κ2) is 11.9. The number of carbonyl (C=O) groups excluding carboxylic acids is 1. The van der Waals surface area contributed by atoms with E-state index in [4.69, 9.17) is 9.84 Å². The van der Waals surface area contributed by atoms with Gasteiger partial charge in [-0.05, 0) is 25.2 Å². The van der Waals surface area contributed by atoms with Crippen molar-refractivity contribution >= 4 is 11.9 Å². The summed E-state index contributed by atoms with van der Waals surface area (Å²) < 4.78 is 5.44. The Morgan fingerprint density at radius 2 is 1.80 bits per heavy atom. The van der Waals surface area contributed by atoms with Crippen molar-refractivity contribution in [3.05, 3.63) is 24.8 Å². The van der Waals surface area contributed by atoms with E-state index in [2.05, 4.69) is 19.6 Å². The van der Waals surface area contributed by atoms with Crippen LogP contribution in [0.1, 0.15) is 64.7 Å². The summed E-state index contributed by atoms with van der Waals surface area (Å²) in [6.07, 6.45) is 11.5. The van der Waals surface area contributed by atoms with Crippen LogP contribution in [0.3, 0.4) is 0 Å². The Hall–Kier alpha value is -1.62. The molecule has 0 radical (unpaired) electrons. The summed E-state index contributed by atoms with van der Waals surface area (Å²) in [4.78, 5) is 22.1. The van der Waals surface area contributed by atoms with Gasteiger partial charge < -0.3 is 14.9 Å². The van der Waals surface area contributed by atoms with Crippen LogP contribution in [0.2, 0.25) is 0 Å². The lowest BCUT2D eigenvalue weighted by atomic mass is 9.75. The fraction of sp³-hybridized carbons (Fsp3) is 0.700. The van der Waals surface area contributed by atoms with Gasteiger partial charge in [0.05, 0.1) is 0 Å². The molecule has 0 amide bonds. The molecule has 0 aromatic rings. The van der Waals surface area contributed by atoms with E-state index in [1.165, 1.54) is 0 Å². The Morgan fingerprint density at radius 1 is 1.12 bits per heavy atom. The first-order chi connectivity index (χ1) is 12.0. The summed E-state index contributed by atoms with van der Waals surface area (Å²) >= 11 is 0. The third-order valence-electron chi connectivity index (χ3n) is 4.83. The van der Waals surface area contributed by atoms with Gasteiger partial charge in [0.25, 0.3) is 0 Å². The molecule has 0 saturated carbocycles. The molecule has 0 fully saturated rings. The van der Waals surface area contributed by atoms with E-state index in [0.29, 0.717) is 5.92 Å². The van der Waals surface area contributed by atoms with Gasteiger partial charge in [0, 0.05) is 18.4 Å². The van der Waals surface area contributed by atoms with Crippen molar-refractivity contribution in [1.82, 2.24) is 0 Å². The van der Waals surface area contributed by atoms with E-state index in [1.807, 2.05) is 0 Å². The van der Waals surface area contributed by atoms with E-state index < -0.39 is 24.1 Å². The normalized spacial score (nSPS) is 25.5. The standard InChI is InChI=1S/C20H32O5/c1-3-10-15-13-14-17(21)20(25-19(24)4-2)16(15)11-8-6-5-7-9-12-18(22)23/h4,13-17,20-21H,2-3,5-12H2,1H3,(H,22,23). The van der Waals surface area contributed by atoms with Crippen molar-refractivity contribution in [1.29, 1.82) is 0 Å². The number of rotatable bonds is 12. The largest absolute Gasteiger partial charge is 0.481 e. The molecule has 1 aliphatic rings. The zero-order valence-electron chi connectivity index (χ0n) is 15.2. The smallest absolute Gasteiger partial charge is 0.330 e.